The minimum absolute atomic E-state index is 0. The molecular weight excluding hydrogens is 381 g/mol. The first-order valence-corrected chi connectivity index (χ1v) is 9.91. The molecule has 0 aliphatic heterocycles. The van der Waals surface area contributed by atoms with Gasteiger partial charge in [-0.1, -0.05) is 0 Å². The zero-order valence-corrected chi connectivity index (χ0v) is 16.9. The number of thioether (sulfide) groups is 1. The number of benzene rings is 1. The number of rotatable bonds is 7. The molecule has 1 aromatic heterocycles. The number of thiazole rings is 1. The van der Waals surface area contributed by atoms with Crippen molar-refractivity contribution in [2.45, 2.75) is 32.4 Å². The quantitative estimate of drug-likeness (QED) is 0.734. The summed E-state index contributed by atoms with van der Waals surface area (Å²) < 4.78 is 13.0. The SMILES string of the molecule is CSCC[C@H](N)C(=O)NC(C)c1sc(-c2ccc(F)cc2)nc1C.Cl. The summed E-state index contributed by atoms with van der Waals surface area (Å²) in [6.07, 6.45) is 2.65. The second-order valence-corrected chi connectivity index (χ2v) is 7.61. The lowest BCUT2D eigenvalue weighted by Gasteiger charge is -2.16. The van der Waals surface area contributed by atoms with Crippen LogP contribution < -0.4 is 11.1 Å². The van der Waals surface area contributed by atoms with Gasteiger partial charge in [-0.15, -0.1) is 23.7 Å². The Labute approximate surface area is 162 Å². The minimum Gasteiger partial charge on any atom is -0.347 e. The number of hydrogen-bond acceptors (Lipinski definition) is 5. The van der Waals surface area contributed by atoms with E-state index in [9.17, 15) is 9.18 Å². The summed E-state index contributed by atoms with van der Waals surface area (Å²) in [4.78, 5) is 17.7. The Balaban J connectivity index is 0.00000312. The molecule has 0 saturated carbocycles. The number of nitrogens with zero attached hydrogens (tertiary/aromatic N) is 1. The average Bonchev–Trinajstić information content (AvgIpc) is 2.95. The molecule has 0 spiro atoms. The predicted molar refractivity (Wildman–Crippen MR) is 107 cm³/mol. The minimum atomic E-state index is -0.496. The van der Waals surface area contributed by atoms with Crippen LogP contribution >= 0.6 is 35.5 Å². The average molecular weight is 404 g/mol. The summed E-state index contributed by atoms with van der Waals surface area (Å²) in [6, 6.07) is 5.59. The standard InChI is InChI=1S/C17H22FN3OS2.ClH/c1-10(20-16(22)14(19)8-9-23-3)15-11(2)21-17(24-15)12-4-6-13(18)7-5-12;/h4-7,10,14H,8-9,19H2,1-3H3,(H,20,22);1H/t10?,14-;/m0./s1. The fourth-order valence-corrected chi connectivity index (χ4v) is 3.85. The molecule has 0 aliphatic carbocycles. The third-order valence-corrected chi connectivity index (χ3v) is 5.68. The molecule has 2 rings (SSSR count). The van der Waals surface area contributed by atoms with Gasteiger partial charge in [0.05, 0.1) is 22.7 Å². The van der Waals surface area contributed by atoms with Gasteiger partial charge in [0.1, 0.15) is 10.8 Å². The van der Waals surface area contributed by atoms with Crippen molar-refractivity contribution in [2.75, 3.05) is 12.0 Å². The van der Waals surface area contributed by atoms with Crippen LogP contribution in [-0.2, 0) is 4.79 Å². The Morgan fingerprint density at radius 1 is 1.40 bits per heavy atom. The molecule has 2 aromatic rings. The van der Waals surface area contributed by atoms with Gasteiger partial charge in [-0.3, -0.25) is 4.79 Å². The van der Waals surface area contributed by atoms with Gasteiger partial charge < -0.3 is 11.1 Å². The molecule has 25 heavy (non-hydrogen) atoms. The van der Waals surface area contributed by atoms with E-state index in [0.29, 0.717) is 6.42 Å². The highest BCUT2D eigenvalue weighted by atomic mass is 35.5. The molecule has 138 valence electrons. The van der Waals surface area contributed by atoms with E-state index in [1.807, 2.05) is 20.1 Å². The molecule has 8 heteroatoms. The Bertz CT molecular complexity index is 694. The summed E-state index contributed by atoms with van der Waals surface area (Å²) in [5.41, 5.74) is 7.64. The van der Waals surface area contributed by atoms with Gasteiger partial charge in [0, 0.05) is 5.56 Å². The maximum atomic E-state index is 13.0. The number of nitrogens with two attached hydrogens (primary N) is 1. The molecule has 0 fully saturated rings. The zero-order chi connectivity index (χ0) is 17.7. The number of carbonyl (C=O) groups excluding carboxylic acids is 1. The van der Waals surface area contributed by atoms with Crippen molar-refractivity contribution in [2.24, 2.45) is 5.73 Å². The Hall–Kier alpha value is -1.15. The number of hydrogen-bond donors (Lipinski definition) is 2. The van der Waals surface area contributed by atoms with E-state index in [4.69, 9.17) is 5.73 Å². The normalized spacial score (nSPS) is 13.0. The van der Waals surface area contributed by atoms with Crippen LogP contribution in [0, 0.1) is 12.7 Å². The van der Waals surface area contributed by atoms with Crippen LogP contribution in [0.4, 0.5) is 4.39 Å². The number of halogens is 2. The van der Waals surface area contributed by atoms with E-state index in [2.05, 4.69) is 10.3 Å². The van der Waals surface area contributed by atoms with Gasteiger partial charge >= 0.3 is 0 Å². The first-order valence-electron chi connectivity index (χ1n) is 7.70. The maximum Gasteiger partial charge on any atom is 0.237 e. The molecule has 1 heterocycles. The second kappa shape index (κ2) is 10.1. The van der Waals surface area contributed by atoms with Gasteiger partial charge in [0.25, 0.3) is 0 Å². The molecule has 3 N–H and O–H groups in total. The van der Waals surface area contributed by atoms with E-state index in [1.165, 1.54) is 23.5 Å². The molecular formula is C17H23ClFN3OS2. The summed E-state index contributed by atoms with van der Waals surface area (Å²) in [7, 11) is 0. The van der Waals surface area contributed by atoms with Crippen molar-refractivity contribution in [1.29, 1.82) is 0 Å². The van der Waals surface area contributed by atoms with Crippen LogP contribution in [0.1, 0.15) is 30.0 Å². The van der Waals surface area contributed by atoms with Crippen molar-refractivity contribution >= 4 is 41.4 Å². The Kier molecular flexibility index (Phi) is 8.85. The third kappa shape index (κ3) is 5.95. The molecule has 0 saturated heterocycles. The lowest BCUT2D eigenvalue weighted by Crippen LogP contribution is -2.41. The van der Waals surface area contributed by atoms with Crippen LogP contribution in [0.3, 0.4) is 0 Å². The molecule has 0 bridgehead atoms. The summed E-state index contributed by atoms with van der Waals surface area (Å²) in [5, 5.41) is 3.77. The van der Waals surface area contributed by atoms with Crippen LogP contribution in [0.25, 0.3) is 10.6 Å². The lowest BCUT2D eigenvalue weighted by atomic mass is 10.2. The lowest BCUT2D eigenvalue weighted by molar-refractivity contribution is -0.123. The van der Waals surface area contributed by atoms with Crippen molar-refractivity contribution in [1.82, 2.24) is 10.3 Å². The number of aromatic nitrogens is 1. The van der Waals surface area contributed by atoms with E-state index in [-0.39, 0.29) is 30.2 Å². The summed E-state index contributed by atoms with van der Waals surface area (Å²) in [5.74, 6) is 0.442. The molecule has 1 aromatic carbocycles. The number of aryl methyl sites for hydroxylation is 1. The van der Waals surface area contributed by atoms with Crippen molar-refractivity contribution in [3.05, 3.63) is 40.7 Å². The van der Waals surface area contributed by atoms with E-state index in [0.717, 1.165) is 26.9 Å². The molecule has 0 radical (unpaired) electrons. The molecule has 1 unspecified atom stereocenters. The molecule has 0 aliphatic rings. The van der Waals surface area contributed by atoms with Gasteiger partial charge in [0.15, 0.2) is 0 Å². The topological polar surface area (TPSA) is 68.0 Å². The highest BCUT2D eigenvalue weighted by Gasteiger charge is 2.20. The monoisotopic (exact) mass is 403 g/mol. The highest BCUT2D eigenvalue weighted by Crippen LogP contribution is 2.31. The van der Waals surface area contributed by atoms with Gasteiger partial charge in [-0.25, -0.2) is 9.37 Å². The fourth-order valence-electron chi connectivity index (χ4n) is 2.29. The van der Waals surface area contributed by atoms with Crippen LogP contribution in [0.5, 0.6) is 0 Å². The molecule has 2 atom stereocenters. The highest BCUT2D eigenvalue weighted by molar-refractivity contribution is 7.98. The largest absolute Gasteiger partial charge is 0.347 e. The van der Waals surface area contributed by atoms with E-state index in [1.54, 1.807) is 23.9 Å². The Morgan fingerprint density at radius 2 is 2.04 bits per heavy atom. The van der Waals surface area contributed by atoms with Crippen LogP contribution in [-0.4, -0.2) is 28.9 Å². The molecule has 4 nitrogen and oxygen atoms in total. The first-order chi connectivity index (χ1) is 11.4. The number of nitrogens with one attached hydrogen (secondary N) is 1. The smallest absolute Gasteiger partial charge is 0.237 e. The van der Waals surface area contributed by atoms with Crippen molar-refractivity contribution in [3.63, 3.8) is 0 Å². The van der Waals surface area contributed by atoms with Gasteiger partial charge in [-0.2, -0.15) is 11.8 Å². The zero-order valence-electron chi connectivity index (χ0n) is 14.4. The molecule has 1 amide bonds. The maximum absolute atomic E-state index is 13.0. The van der Waals surface area contributed by atoms with Gasteiger partial charge in [0.2, 0.25) is 5.91 Å². The number of carbonyl (C=O) groups is 1. The fraction of sp³-hybridized carbons (Fsp3) is 0.412. The van der Waals surface area contributed by atoms with Crippen LogP contribution in [0.2, 0.25) is 0 Å². The van der Waals surface area contributed by atoms with Crippen molar-refractivity contribution < 1.29 is 9.18 Å². The Morgan fingerprint density at radius 3 is 2.64 bits per heavy atom. The predicted octanol–water partition coefficient (Wildman–Crippen LogP) is 3.94. The van der Waals surface area contributed by atoms with Gasteiger partial charge in [-0.05, 0) is 56.5 Å². The number of amides is 1. The summed E-state index contributed by atoms with van der Waals surface area (Å²) >= 11 is 3.18. The first kappa shape index (κ1) is 21.9. The summed E-state index contributed by atoms with van der Waals surface area (Å²) in [6.45, 7) is 3.84. The van der Waals surface area contributed by atoms with E-state index >= 15 is 0 Å². The van der Waals surface area contributed by atoms with Crippen LogP contribution in [0.15, 0.2) is 24.3 Å². The van der Waals surface area contributed by atoms with Crippen molar-refractivity contribution in [3.8, 4) is 10.6 Å². The third-order valence-electron chi connectivity index (χ3n) is 3.65. The second-order valence-electron chi connectivity index (χ2n) is 5.59. The van der Waals surface area contributed by atoms with E-state index < -0.39 is 6.04 Å².